The van der Waals surface area contributed by atoms with Gasteiger partial charge in [-0.15, -0.1) is 11.3 Å². The molecule has 7 nitrogen and oxygen atoms in total. The summed E-state index contributed by atoms with van der Waals surface area (Å²) in [4.78, 5) is 36.0. The quantitative estimate of drug-likeness (QED) is 0.458. The predicted molar refractivity (Wildman–Crippen MR) is 106 cm³/mol. The number of hydrogen-bond acceptors (Lipinski definition) is 7. The zero-order valence-electron chi connectivity index (χ0n) is 14.1. The molecule has 0 spiro atoms. The highest BCUT2D eigenvalue weighted by molar-refractivity contribution is 8.00. The maximum atomic E-state index is 12.4. The number of carbonyl (C=O) groups is 1. The van der Waals surface area contributed by atoms with Gasteiger partial charge in [-0.3, -0.25) is 9.59 Å². The molecule has 26 heavy (non-hydrogen) atoms. The summed E-state index contributed by atoms with van der Waals surface area (Å²) in [6.07, 6.45) is 0. The van der Waals surface area contributed by atoms with Crippen molar-refractivity contribution in [2.24, 2.45) is 0 Å². The Kier molecular flexibility index (Phi) is 5.38. The van der Waals surface area contributed by atoms with Gasteiger partial charge in [-0.05, 0) is 13.8 Å². The summed E-state index contributed by atoms with van der Waals surface area (Å²) in [6, 6.07) is 11.0. The number of amides is 1. The first kappa shape index (κ1) is 18.2. The molecule has 134 valence electrons. The van der Waals surface area contributed by atoms with Gasteiger partial charge in [0.05, 0.1) is 10.9 Å². The highest BCUT2D eigenvalue weighted by Crippen LogP contribution is 2.30. The molecule has 1 amide bonds. The van der Waals surface area contributed by atoms with E-state index in [1.54, 1.807) is 6.92 Å². The average molecular weight is 387 g/mol. The zero-order chi connectivity index (χ0) is 18.7. The van der Waals surface area contributed by atoms with Crippen LogP contribution >= 0.6 is 23.1 Å². The van der Waals surface area contributed by atoms with Crippen LogP contribution in [-0.2, 0) is 4.79 Å². The van der Waals surface area contributed by atoms with Gasteiger partial charge in [-0.2, -0.15) is 0 Å². The van der Waals surface area contributed by atoms with Crippen molar-refractivity contribution in [3.8, 4) is 11.3 Å². The number of aromatic nitrogens is 3. The first-order chi connectivity index (χ1) is 12.4. The van der Waals surface area contributed by atoms with Crippen molar-refractivity contribution in [1.82, 2.24) is 15.0 Å². The monoisotopic (exact) mass is 387 g/mol. The Labute approximate surface area is 158 Å². The molecule has 9 heteroatoms. The second kappa shape index (κ2) is 7.71. The van der Waals surface area contributed by atoms with Gasteiger partial charge in [0.25, 0.3) is 5.56 Å². The lowest BCUT2D eigenvalue weighted by Gasteiger charge is -2.09. The van der Waals surface area contributed by atoms with Gasteiger partial charge in [-0.25, -0.2) is 9.97 Å². The molecule has 0 radical (unpaired) electrons. The number of thioether (sulfide) groups is 1. The van der Waals surface area contributed by atoms with Crippen molar-refractivity contribution in [2.45, 2.75) is 24.3 Å². The lowest BCUT2D eigenvalue weighted by atomic mass is 10.1. The van der Waals surface area contributed by atoms with Gasteiger partial charge >= 0.3 is 0 Å². The molecule has 3 aromatic rings. The third kappa shape index (κ3) is 4.30. The number of nitrogen functional groups attached to an aromatic ring is 1. The van der Waals surface area contributed by atoms with Gasteiger partial charge in [0.1, 0.15) is 5.82 Å². The van der Waals surface area contributed by atoms with E-state index in [4.69, 9.17) is 5.73 Å². The second-order valence-corrected chi connectivity index (χ2v) is 8.05. The molecule has 4 N–H and O–H groups in total. The molecule has 0 bridgehead atoms. The molecule has 0 aliphatic rings. The fourth-order valence-electron chi connectivity index (χ4n) is 2.25. The molecule has 0 aliphatic carbocycles. The van der Waals surface area contributed by atoms with Crippen LogP contribution in [-0.4, -0.2) is 26.1 Å². The molecule has 0 fully saturated rings. The molecular formula is C17H17N5O2S2. The summed E-state index contributed by atoms with van der Waals surface area (Å²) in [5.74, 6) is -0.111. The number of benzene rings is 1. The Morgan fingerprint density at radius 1 is 1.31 bits per heavy atom. The lowest BCUT2D eigenvalue weighted by Crippen LogP contribution is -2.23. The first-order valence-electron chi connectivity index (χ1n) is 7.79. The molecule has 2 heterocycles. The van der Waals surface area contributed by atoms with E-state index in [1.165, 1.54) is 17.4 Å². The van der Waals surface area contributed by atoms with Crippen LogP contribution in [0, 0.1) is 6.92 Å². The van der Waals surface area contributed by atoms with E-state index in [1.807, 2.05) is 37.3 Å². The first-order valence-corrected chi connectivity index (χ1v) is 9.49. The predicted octanol–water partition coefficient (Wildman–Crippen LogP) is 2.90. The summed E-state index contributed by atoms with van der Waals surface area (Å²) in [7, 11) is 0. The number of thiazole rings is 1. The number of aromatic amines is 1. The van der Waals surface area contributed by atoms with Gasteiger partial charge < -0.3 is 16.0 Å². The van der Waals surface area contributed by atoms with Crippen LogP contribution in [0.25, 0.3) is 11.3 Å². The molecule has 1 aromatic carbocycles. The smallest absolute Gasteiger partial charge is 0.253 e. The normalized spacial score (nSPS) is 11.9. The van der Waals surface area contributed by atoms with Crippen molar-refractivity contribution in [3.05, 3.63) is 51.6 Å². The Hall–Kier alpha value is -2.65. The van der Waals surface area contributed by atoms with E-state index < -0.39 is 5.25 Å². The fourth-order valence-corrected chi connectivity index (χ4v) is 3.91. The number of carbonyl (C=O) groups excluding carboxylic acids is 1. The number of H-pyrrole nitrogens is 1. The molecule has 2 aromatic heterocycles. The van der Waals surface area contributed by atoms with Crippen molar-refractivity contribution in [3.63, 3.8) is 0 Å². The fraction of sp³-hybridized carbons (Fsp3) is 0.176. The standard InChI is InChI=1S/C17H17N5O2S2/c1-9-14(11-6-4-3-5-7-11)21-17(25-9)22-15(24)10(2)26-16-19-12(18)8-13(23)20-16/h3-8,10H,1-2H3,(H,21,22,24)(H3,18,19,20,23)/t10-/m1/s1. The van der Waals surface area contributed by atoms with Crippen LogP contribution in [0.5, 0.6) is 0 Å². The van der Waals surface area contributed by atoms with Gasteiger partial charge in [0, 0.05) is 16.5 Å². The van der Waals surface area contributed by atoms with Gasteiger partial charge in [0.2, 0.25) is 5.91 Å². The van der Waals surface area contributed by atoms with E-state index in [9.17, 15) is 9.59 Å². The minimum Gasteiger partial charge on any atom is -0.383 e. The molecule has 0 saturated heterocycles. The number of nitrogens with two attached hydrogens (primary N) is 1. The molecule has 1 atom stereocenters. The Bertz CT molecular complexity index is 984. The Morgan fingerprint density at radius 2 is 2.04 bits per heavy atom. The maximum absolute atomic E-state index is 12.4. The van der Waals surface area contributed by atoms with Gasteiger partial charge in [-0.1, -0.05) is 42.1 Å². The van der Waals surface area contributed by atoms with Crippen molar-refractivity contribution >= 4 is 40.0 Å². The average Bonchev–Trinajstić information content (AvgIpc) is 2.95. The SMILES string of the molecule is Cc1sc(NC(=O)[C@@H](C)Sc2nc(N)cc(=O)[nH]2)nc1-c1ccccc1. The zero-order valence-corrected chi connectivity index (χ0v) is 15.8. The summed E-state index contributed by atoms with van der Waals surface area (Å²) in [6.45, 7) is 3.69. The maximum Gasteiger partial charge on any atom is 0.253 e. The topological polar surface area (TPSA) is 114 Å². The van der Waals surface area contributed by atoms with Crippen molar-refractivity contribution in [2.75, 3.05) is 11.1 Å². The van der Waals surface area contributed by atoms with Crippen molar-refractivity contribution < 1.29 is 4.79 Å². The van der Waals surface area contributed by atoms with E-state index in [0.29, 0.717) is 10.3 Å². The summed E-state index contributed by atoms with van der Waals surface area (Å²) in [5, 5.41) is 3.18. The molecule has 0 unspecified atom stereocenters. The molecule has 3 rings (SSSR count). The van der Waals surface area contributed by atoms with Crippen LogP contribution in [0.15, 0.2) is 46.3 Å². The number of rotatable bonds is 5. The van der Waals surface area contributed by atoms with Gasteiger partial charge in [0.15, 0.2) is 10.3 Å². The number of nitrogens with one attached hydrogen (secondary N) is 2. The third-order valence-electron chi connectivity index (χ3n) is 3.47. The Morgan fingerprint density at radius 3 is 2.73 bits per heavy atom. The Balaban J connectivity index is 1.70. The highest BCUT2D eigenvalue weighted by Gasteiger charge is 2.19. The third-order valence-corrected chi connectivity index (χ3v) is 5.34. The minimum absolute atomic E-state index is 0.118. The molecular weight excluding hydrogens is 370 g/mol. The summed E-state index contributed by atoms with van der Waals surface area (Å²) < 4.78 is 0. The lowest BCUT2D eigenvalue weighted by molar-refractivity contribution is -0.115. The largest absolute Gasteiger partial charge is 0.383 e. The number of anilines is 2. The number of hydrogen-bond donors (Lipinski definition) is 3. The summed E-state index contributed by atoms with van der Waals surface area (Å²) >= 11 is 2.55. The van der Waals surface area contributed by atoms with Crippen LogP contribution < -0.4 is 16.6 Å². The second-order valence-electron chi connectivity index (χ2n) is 5.51. The van der Waals surface area contributed by atoms with Crippen LogP contribution in [0.1, 0.15) is 11.8 Å². The summed E-state index contributed by atoms with van der Waals surface area (Å²) in [5.41, 5.74) is 7.06. The van der Waals surface area contributed by atoms with Crippen LogP contribution in [0.2, 0.25) is 0 Å². The number of nitrogens with zero attached hydrogens (tertiary/aromatic N) is 2. The van der Waals surface area contributed by atoms with Crippen molar-refractivity contribution in [1.29, 1.82) is 0 Å². The molecule has 0 saturated carbocycles. The van der Waals surface area contributed by atoms with Crippen LogP contribution in [0.4, 0.5) is 10.9 Å². The van der Waals surface area contributed by atoms with E-state index in [-0.39, 0.29) is 17.3 Å². The van der Waals surface area contributed by atoms with E-state index in [2.05, 4.69) is 20.3 Å². The van der Waals surface area contributed by atoms with Crippen LogP contribution in [0.3, 0.4) is 0 Å². The number of aryl methyl sites for hydroxylation is 1. The highest BCUT2D eigenvalue weighted by atomic mass is 32.2. The molecule has 0 aliphatic heterocycles. The minimum atomic E-state index is -0.482. The van der Waals surface area contributed by atoms with E-state index in [0.717, 1.165) is 27.9 Å². The van der Waals surface area contributed by atoms with E-state index >= 15 is 0 Å².